The summed E-state index contributed by atoms with van der Waals surface area (Å²) in [5.41, 5.74) is 2.14. The third kappa shape index (κ3) is 4.75. The third-order valence-electron chi connectivity index (χ3n) is 14.9. The van der Waals surface area contributed by atoms with Crippen LogP contribution >= 0.6 is 0 Å². The van der Waals surface area contributed by atoms with Gasteiger partial charge in [-0.2, -0.15) is 0 Å². The quantitative estimate of drug-likeness (QED) is 0.166. The molecular weight excluding hydrogens is 560 g/mol. The maximum atomic E-state index is 14.6. The van der Waals surface area contributed by atoms with Crippen molar-refractivity contribution >= 4 is 12.3 Å². The van der Waals surface area contributed by atoms with Crippen molar-refractivity contribution < 1.29 is 23.8 Å². The average Bonchev–Trinajstić information content (AvgIpc) is 3.00. The molecular formula is C40H58O5. The van der Waals surface area contributed by atoms with Gasteiger partial charge in [0.05, 0.1) is 25.2 Å². The predicted molar refractivity (Wildman–Crippen MR) is 177 cm³/mol. The summed E-state index contributed by atoms with van der Waals surface area (Å²) in [5.74, 6) is 1.91. The summed E-state index contributed by atoms with van der Waals surface area (Å²) < 4.78 is 19.1. The molecule has 4 fully saturated rings. The fraction of sp³-hybridized carbons (Fsp3) is 0.750. The molecule has 4 aliphatic carbocycles. The van der Waals surface area contributed by atoms with Gasteiger partial charge in [0.1, 0.15) is 19.5 Å². The Kier molecular flexibility index (Phi) is 8.50. The van der Waals surface area contributed by atoms with Crippen LogP contribution in [0.3, 0.4) is 0 Å². The number of benzene rings is 1. The van der Waals surface area contributed by atoms with Crippen LogP contribution in [0.5, 0.6) is 0 Å². The van der Waals surface area contributed by atoms with E-state index in [-0.39, 0.29) is 51.7 Å². The fourth-order valence-electron chi connectivity index (χ4n) is 12.3. The van der Waals surface area contributed by atoms with E-state index in [1.165, 1.54) is 0 Å². The van der Waals surface area contributed by atoms with Crippen LogP contribution in [0.15, 0.2) is 42.0 Å². The van der Waals surface area contributed by atoms with Gasteiger partial charge in [-0.3, -0.25) is 4.79 Å². The lowest BCUT2D eigenvalue weighted by atomic mass is 9.34. The highest BCUT2D eigenvalue weighted by atomic mass is 16.5. The molecule has 1 aromatic carbocycles. The number of ether oxygens (including phenoxy) is 3. The molecule has 0 spiro atoms. The summed E-state index contributed by atoms with van der Waals surface area (Å²) in [7, 11) is 0. The highest BCUT2D eigenvalue weighted by Crippen LogP contribution is 2.75. The topological polar surface area (TPSA) is 61.8 Å². The van der Waals surface area contributed by atoms with E-state index in [9.17, 15) is 9.59 Å². The van der Waals surface area contributed by atoms with Gasteiger partial charge in [0.25, 0.3) is 0 Å². The molecule has 1 aliphatic heterocycles. The Morgan fingerprint density at radius 3 is 2.44 bits per heavy atom. The van der Waals surface area contributed by atoms with Gasteiger partial charge in [0, 0.05) is 10.8 Å². The summed E-state index contributed by atoms with van der Waals surface area (Å²) in [6.45, 7) is 21.0. The zero-order valence-electron chi connectivity index (χ0n) is 29.2. The second kappa shape index (κ2) is 11.6. The molecule has 1 saturated heterocycles. The third-order valence-corrected chi connectivity index (χ3v) is 14.9. The van der Waals surface area contributed by atoms with Crippen LogP contribution in [-0.4, -0.2) is 38.2 Å². The summed E-state index contributed by atoms with van der Waals surface area (Å²) in [6.07, 6.45) is 9.89. The average molecular weight is 619 g/mol. The van der Waals surface area contributed by atoms with Crippen molar-refractivity contribution in [2.24, 2.45) is 62.6 Å². The Balaban J connectivity index is 1.40. The molecule has 11 atom stereocenters. The van der Waals surface area contributed by atoms with E-state index >= 15 is 0 Å². The molecule has 6 rings (SSSR count). The van der Waals surface area contributed by atoms with Crippen molar-refractivity contribution in [1.29, 1.82) is 0 Å². The Morgan fingerprint density at radius 1 is 1.02 bits per heavy atom. The second-order valence-electron chi connectivity index (χ2n) is 17.2. The Labute approximate surface area is 272 Å². The number of hydrogen-bond acceptors (Lipinski definition) is 5. The number of fused-ring (bicyclic) bond motifs is 3. The molecule has 5 nitrogen and oxygen atoms in total. The van der Waals surface area contributed by atoms with Gasteiger partial charge in [-0.05, 0) is 89.9 Å². The number of carbonyl (C=O) groups is 2. The SMILES string of the molecule is CC(C)[C@@H](C)[C@@]1(C)CC[C@]2(C)[C@H]3CC[C@@H]4C5(COC[C@]4(C)[C@@H](OCC=O)[C@H](C)C5)C3=CC[C@@]2(C)[C@@H]1C(=O)OCc1ccccc1. The highest BCUT2D eigenvalue weighted by molar-refractivity contribution is 5.75. The minimum atomic E-state index is -0.219. The van der Waals surface area contributed by atoms with Gasteiger partial charge in [0.2, 0.25) is 0 Å². The van der Waals surface area contributed by atoms with Gasteiger partial charge in [-0.15, -0.1) is 0 Å². The zero-order valence-corrected chi connectivity index (χ0v) is 29.2. The van der Waals surface area contributed by atoms with E-state index in [0.717, 1.165) is 57.0 Å². The molecule has 0 aromatic heterocycles. The van der Waals surface area contributed by atoms with E-state index < -0.39 is 0 Å². The normalized spacial score (nSPS) is 44.6. The molecule has 0 N–H and O–H groups in total. The molecule has 2 bridgehead atoms. The Bertz CT molecular complexity index is 1300. The number of esters is 1. The summed E-state index contributed by atoms with van der Waals surface area (Å²) >= 11 is 0. The van der Waals surface area contributed by atoms with Crippen LogP contribution < -0.4 is 0 Å². The van der Waals surface area contributed by atoms with Crippen LogP contribution in [0.25, 0.3) is 0 Å². The van der Waals surface area contributed by atoms with Gasteiger partial charge >= 0.3 is 5.97 Å². The monoisotopic (exact) mass is 618 g/mol. The summed E-state index contributed by atoms with van der Waals surface area (Å²) in [4.78, 5) is 25.9. The maximum absolute atomic E-state index is 14.6. The number of rotatable bonds is 8. The van der Waals surface area contributed by atoms with Crippen molar-refractivity contribution in [3.8, 4) is 0 Å². The van der Waals surface area contributed by atoms with Crippen molar-refractivity contribution in [3.63, 3.8) is 0 Å². The molecule has 3 saturated carbocycles. The van der Waals surface area contributed by atoms with Crippen molar-refractivity contribution in [3.05, 3.63) is 47.5 Å². The van der Waals surface area contributed by atoms with Crippen LogP contribution in [0.4, 0.5) is 0 Å². The molecule has 1 aromatic rings. The number of allylic oxidation sites excluding steroid dienone is 1. The van der Waals surface area contributed by atoms with E-state index in [1.54, 1.807) is 5.57 Å². The first kappa shape index (κ1) is 32.9. The van der Waals surface area contributed by atoms with E-state index in [0.29, 0.717) is 42.8 Å². The summed E-state index contributed by atoms with van der Waals surface area (Å²) in [6, 6.07) is 10.1. The minimum Gasteiger partial charge on any atom is -0.461 e. The smallest absolute Gasteiger partial charge is 0.310 e. The molecule has 1 unspecified atom stereocenters. The van der Waals surface area contributed by atoms with E-state index in [2.05, 4.69) is 61.5 Å². The van der Waals surface area contributed by atoms with Gasteiger partial charge in [-0.1, -0.05) is 97.4 Å². The first-order valence-corrected chi connectivity index (χ1v) is 17.8. The van der Waals surface area contributed by atoms with E-state index in [1.807, 2.05) is 30.3 Å². The van der Waals surface area contributed by atoms with Crippen molar-refractivity contribution in [2.75, 3.05) is 19.8 Å². The molecule has 5 heteroatoms. The number of carbonyl (C=O) groups excluding carboxylic acids is 2. The van der Waals surface area contributed by atoms with Crippen LogP contribution in [0, 0.1) is 62.6 Å². The minimum absolute atomic E-state index is 0.00397. The van der Waals surface area contributed by atoms with Gasteiger partial charge in [0.15, 0.2) is 0 Å². The van der Waals surface area contributed by atoms with E-state index in [4.69, 9.17) is 14.2 Å². The fourth-order valence-corrected chi connectivity index (χ4v) is 12.3. The molecule has 0 radical (unpaired) electrons. The molecule has 0 amide bonds. The van der Waals surface area contributed by atoms with Crippen molar-refractivity contribution in [1.82, 2.24) is 0 Å². The molecule has 1 heterocycles. The van der Waals surface area contributed by atoms with Gasteiger partial charge in [-0.25, -0.2) is 0 Å². The molecule has 248 valence electrons. The maximum Gasteiger partial charge on any atom is 0.310 e. The van der Waals surface area contributed by atoms with Crippen LogP contribution in [0.1, 0.15) is 99.5 Å². The summed E-state index contributed by atoms with van der Waals surface area (Å²) in [5, 5.41) is 0. The van der Waals surface area contributed by atoms with Crippen molar-refractivity contribution in [2.45, 2.75) is 107 Å². The predicted octanol–water partition coefficient (Wildman–Crippen LogP) is 8.45. The lowest BCUT2D eigenvalue weighted by molar-refractivity contribution is -0.249. The number of hydrogen-bond donors (Lipinski definition) is 0. The standard InChI is InChI=1S/C40H58O5/c1-26(2)28(4)36(5)18-19-38(7)30-14-15-32-37(6)24-43-25-40(32,22-27(3)34(37)44-21-20-41)31(30)16-17-39(38,8)33(36)35(42)45-23-29-12-10-9-11-13-29/h9-13,16,20,26-28,30,32-34H,14-15,17-19,21-25H2,1-8H3/t27-,28-,30+,32+,33-,34+,36-,37+,38-,39+,40?/m1/s1. The Hall–Kier alpha value is -1.98. The van der Waals surface area contributed by atoms with Crippen LogP contribution in [-0.2, 0) is 30.4 Å². The highest BCUT2D eigenvalue weighted by Gasteiger charge is 2.71. The first-order valence-electron chi connectivity index (χ1n) is 17.8. The lowest BCUT2D eigenvalue weighted by Crippen LogP contribution is -2.68. The van der Waals surface area contributed by atoms with Gasteiger partial charge < -0.3 is 19.0 Å². The number of aldehydes is 1. The molecule has 45 heavy (non-hydrogen) atoms. The Morgan fingerprint density at radius 2 is 1.76 bits per heavy atom. The zero-order chi connectivity index (χ0) is 32.4. The van der Waals surface area contributed by atoms with Crippen LogP contribution in [0.2, 0.25) is 0 Å². The largest absolute Gasteiger partial charge is 0.461 e. The first-order chi connectivity index (χ1) is 21.3. The second-order valence-corrected chi connectivity index (χ2v) is 17.2. The molecule has 5 aliphatic rings. The lowest BCUT2D eigenvalue weighted by Gasteiger charge is -2.71.